The Morgan fingerprint density at radius 2 is 1.83 bits per heavy atom. The molecule has 3 aromatic rings. The van der Waals surface area contributed by atoms with Crippen LogP contribution < -0.4 is 10.1 Å². The summed E-state index contributed by atoms with van der Waals surface area (Å²) in [5, 5.41) is 9.13. The first-order valence-electron chi connectivity index (χ1n) is 11.2. The van der Waals surface area contributed by atoms with Crippen molar-refractivity contribution in [3.05, 3.63) is 41.6 Å². The van der Waals surface area contributed by atoms with Gasteiger partial charge in [-0.1, -0.05) is 13.8 Å². The van der Waals surface area contributed by atoms with Gasteiger partial charge in [-0.05, 0) is 44.6 Å². The Morgan fingerprint density at radius 3 is 2.43 bits per heavy atom. The summed E-state index contributed by atoms with van der Waals surface area (Å²) in [6.45, 7) is 6.94. The molecule has 3 heterocycles. The van der Waals surface area contributed by atoms with E-state index in [1.165, 1.54) is 0 Å². The van der Waals surface area contributed by atoms with Crippen molar-refractivity contribution in [3.8, 4) is 5.88 Å². The molecule has 0 unspecified atom stereocenters. The number of alkyl halides is 3. The second kappa shape index (κ2) is 11.6. The summed E-state index contributed by atoms with van der Waals surface area (Å²) < 4.78 is 60.8. The second-order valence-corrected chi connectivity index (χ2v) is 8.63. The normalized spacial score (nSPS) is 18.2. The topological polar surface area (TPSA) is 64.9 Å². The van der Waals surface area contributed by atoms with Crippen molar-refractivity contribution in [2.24, 2.45) is 0 Å². The number of halogens is 6. The van der Waals surface area contributed by atoms with Gasteiger partial charge in [0.25, 0.3) is 5.88 Å². The third-order valence-electron chi connectivity index (χ3n) is 5.96. The molecule has 1 N–H and O–H groups in total. The number of aromatic nitrogens is 4. The Labute approximate surface area is 213 Å². The van der Waals surface area contributed by atoms with Gasteiger partial charge in [0, 0.05) is 30.4 Å². The zero-order chi connectivity index (χ0) is 23.8. The molecule has 1 saturated carbocycles. The number of fused-ring (bicyclic) bond motifs is 1. The number of ether oxygens (including phenoxy) is 1. The lowest BCUT2D eigenvalue weighted by atomic mass is 9.93. The number of nitrogens with zero attached hydrogens (tertiary/aromatic N) is 4. The van der Waals surface area contributed by atoms with Crippen molar-refractivity contribution in [1.82, 2.24) is 19.7 Å². The van der Waals surface area contributed by atoms with Crippen LogP contribution in [0.15, 0.2) is 24.5 Å². The van der Waals surface area contributed by atoms with Crippen molar-refractivity contribution < 1.29 is 22.3 Å². The fourth-order valence-corrected chi connectivity index (χ4v) is 4.33. The zero-order valence-corrected chi connectivity index (χ0v) is 21.2. The predicted octanol–water partition coefficient (Wildman–Crippen LogP) is 6.95. The Balaban J connectivity index is 0.00000216. The van der Waals surface area contributed by atoms with Gasteiger partial charge in [-0.3, -0.25) is 4.68 Å². The highest BCUT2D eigenvalue weighted by molar-refractivity contribution is 5.86. The first-order valence-corrected chi connectivity index (χ1v) is 11.2. The minimum absolute atomic E-state index is 0. The molecule has 4 rings (SSSR count). The van der Waals surface area contributed by atoms with Gasteiger partial charge in [-0.25, -0.2) is 14.4 Å². The molecular formula is C23H29Cl2F4N5O. The number of anilines is 1. The molecule has 0 aromatic carbocycles. The monoisotopic (exact) mass is 537 g/mol. The van der Waals surface area contributed by atoms with Crippen LogP contribution in [0.1, 0.15) is 69.7 Å². The van der Waals surface area contributed by atoms with Gasteiger partial charge in [0.05, 0.1) is 22.8 Å². The van der Waals surface area contributed by atoms with Gasteiger partial charge in [0.1, 0.15) is 11.9 Å². The van der Waals surface area contributed by atoms with Crippen LogP contribution in [-0.2, 0) is 6.18 Å². The summed E-state index contributed by atoms with van der Waals surface area (Å²) in [7, 11) is 0. The van der Waals surface area contributed by atoms with E-state index in [1.807, 2.05) is 23.9 Å². The summed E-state index contributed by atoms with van der Waals surface area (Å²) in [6.07, 6.45) is 0.110. The lowest BCUT2D eigenvalue weighted by Crippen LogP contribution is -2.27. The van der Waals surface area contributed by atoms with Crippen LogP contribution in [0.3, 0.4) is 0 Å². The fraction of sp³-hybridized carbons (Fsp3) is 0.522. The van der Waals surface area contributed by atoms with Crippen molar-refractivity contribution in [2.75, 3.05) is 11.9 Å². The van der Waals surface area contributed by atoms with Gasteiger partial charge < -0.3 is 10.1 Å². The molecule has 0 amide bonds. The van der Waals surface area contributed by atoms with E-state index in [1.54, 1.807) is 0 Å². The van der Waals surface area contributed by atoms with Crippen molar-refractivity contribution in [1.29, 1.82) is 0 Å². The summed E-state index contributed by atoms with van der Waals surface area (Å²) in [6, 6.07) is 2.73. The Morgan fingerprint density at radius 1 is 1.14 bits per heavy atom. The lowest BCUT2D eigenvalue weighted by molar-refractivity contribution is -0.140. The van der Waals surface area contributed by atoms with E-state index in [9.17, 15) is 17.6 Å². The molecule has 0 atom stereocenters. The Bertz CT molecular complexity index is 1130. The van der Waals surface area contributed by atoms with E-state index < -0.39 is 29.5 Å². The van der Waals surface area contributed by atoms with E-state index in [4.69, 9.17) is 9.84 Å². The number of hydrogen-bond donors (Lipinski definition) is 1. The predicted molar refractivity (Wildman–Crippen MR) is 131 cm³/mol. The van der Waals surface area contributed by atoms with Crippen LogP contribution in [0, 0.1) is 5.82 Å². The summed E-state index contributed by atoms with van der Waals surface area (Å²) in [5.41, 5.74) is 0.615. The third kappa shape index (κ3) is 6.09. The molecular weight excluding hydrogens is 509 g/mol. The smallest absolute Gasteiger partial charge is 0.419 e. The van der Waals surface area contributed by atoms with Crippen molar-refractivity contribution in [3.63, 3.8) is 0 Å². The average molecular weight is 538 g/mol. The van der Waals surface area contributed by atoms with Gasteiger partial charge in [0.15, 0.2) is 5.82 Å². The van der Waals surface area contributed by atoms with Crippen LogP contribution >= 0.6 is 24.8 Å². The molecule has 12 heteroatoms. The highest BCUT2D eigenvalue weighted by atomic mass is 35.5. The number of pyridine rings is 2. The fourth-order valence-electron chi connectivity index (χ4n) is 4.33. The second-order valence-electron chi connectivity index (χ2n) is 8.63. The lowest BCUT2D eigenvalue weighted by Gasteiger charge is -2.29. The molecule has 1 aliphatic rings. The molecule has 0 aliphatic heterocycles. The van der Waals surface area contributed by atoms with Gasteiger partial charge in [0.2, 0.25) is 0 Å². The number of nitrogens with one attached hydrogen (secondary N) is 1. The van der Waals surface area contributed by atoms with E-state index in [-0.39, 0.29) is 36.8 Å². The van der Waals surface area contributed by atoms with Crippen LogP contribution in [-0.4, -0.2) is 32.4 Å². The summed E-state index contributed by atoms with van der Waals surface area (Å²) in [5.74, 6) is -1.05. The van der Waals surface area contributed by atoms with Crippen molar-refractivity contribution >= 4 is 41.5 Å². The van der Waals surface area contributed by atoms with E-state index in [0.717, 1.165) is 35.2 Å². The molecule has 0 saturated heterocycles. The summed E-state index contributed by atoms with van der Waals surface area (Å²) in [4.78, 5) is 8.17. The maximum Gasteiger partial charge on any atom is 0.419 e. The van der Waals surface area contributed by atoms with Crippen molar-refractivity contribution in [2.45, 2.75) is 70.7 Å². The van der Waals surface area contributed by atoms with E-state index in [2.05, 4.69) is 29.1 Å². The van der Waals surface area contributed by atoms with Gasteiger partial charge in [-0.15, -0.1) is 24.8 Å². The number of hydrogen-bond acceptors (Lipinski definition) is 5. The van der Waals surface area contributed by atoms with Crippen LogP contribution in [0.2, 0.25) is 0 Å². The van der Waals surface area contributed by atoms with Crippen LogP contribution in [0.25, 0.3) is 10.9 Å². The molecule has 6 nitrogen and oxygen atoms in total. The summed E-state index contributed by atoms with van der Waals surface area (Å²) >= 11 is 0. The number of rotatable bonds is 6. The quantitative estimate of drug-likeness (QED) is 0.345. The molecule has 0 spiro atoms. The first kappa shape index (κ1) is 28.9. The molecule has 1 aliphatic carbocycles. The van der Waals surface area contributed by atoms with Crippen LogP contribution in [0.4, 0.5) is 23.4 Å². The van der Waals surface area contributed by atoms with E-state index in [0.29, 0.717) is 31.7 Å². The highest BCUT2D eigenvalue weighted by Crippen LogP contribution is 2.37. The maximum atomic E-state index is 14.3. The molecule has 3 aromatic heterocycles. The molecule has 35 heavy (non-hydrogen) atoms. The molecule has 0 bridgehead atoms. The third-order valence-corrected chi connectivity index (χ3v) is 5.96. The molecule has 0 radical (unpaired) electrons. The molecule has 194 valence electrons. The Kier molecular flexibility index (Phi) is 9.58. The largest absolute Gasteiger partial charge is 0.472 e. The van der Waals surface area contributed by atoms with Gasteiger partial charge >= 0.3 is 6.18 Å². The zero-order valence-electron chi connectivity index (χ0n) is 19.6. The van der Waals surface area contributed by atoms with E-state index >= 15 is 0 Å². The van der Waals surface area contributed by atoms with Crippen LogP contribution in [0.5, 0.6) is 5.88 Å². The minimum Gasteiger partial charge on any atom is -0.472 e. The molecule has 1 fully saturated rings. The first-order chi connectivity index (χ1) is 15.7. The highest BCUT2D eigenvalue weighted by Gasteiger charge is 2.36. The SMILES string of the molecule is CCNc1cc2c(cn1)c(C(C)C)nn2C1CCC(Oc2nccc(C(F)(F)F)c2F)CC1.Cl.Cl. The Hall–Kier alpha value is -2.33. The standard InChI is InChI=1S/C23H27F4N5O.2ClH/c1-4-28-19-11-18-16(12-30-19)21(13(2)3)31-32(18)14-5-7-15(8-6-14)33-22-20(24)17(9-10-29-22)23(25,26)27;;/h9-15H,4-8H2,1-3H3,(H,28,30);2*1H. The minimum atomic E-state index is -4.79. The maximum absolute atomic E-state index is 14.3. The average Bonchev–Trinajstić information content (AvgIpc) is 3.14. The van der Waals surface area contributed by atoms with Gasteiger partial charge in [-0.2, -0.15) is 18.3 Å².